The Morgan fingerprint density at radius 3 is 2.67 bits per heavy atom. The van der Waals surface area contributed by atoms with Crippen LogP contribution < -0.4 is 0 Å². The summed E-state index contributed by atoms with van der Waals surface area (Å²) in [7, 11) is -3.10. The fraction of sp³-hybridized carbons (Fsp3) is 0.350. The summed E-state index contributed by atoms with van der Waals surface area (Å²) >= 11 is 1.45. The van der Waals surface area contributed by atoms with E-state index in [-0.39, 0.29) is 5.75 Å². The third-order valence-corrected chi connectivity index (χ3v) is 8.17. The van der Waals surface area contributed by atoms with E-state index >= 15 is 0 Å². The molecule has 0 spiro atoms. The molecule has 27 heavy (non-hydrogen) atoms. The molecule has 0 aliphatic carbocycles. The monoisotopic (exact) mass is 402 g/mol. The first kappa shape index (κ1) is 18.4. The van der Waals surface area contributed by atoms with Gasteiger partial charge in [0.25, 0.3) is 0 Å². The summed E-state index contributed by atoms with van der Waals surface area (Å²) in [6.07, 6.45) is 4.62. The fourth-order valence-electron chi connectivity index (χ4n) is 3.85. The second-order valence-corrected chi connectivity index (χ2v) is 10.1. The first-order chi connectivity index (χ1) is 13.0. The van der Waals surface area contributed by atoms with E-state index in [1.165, 1.54) is 22.3 Å². The van der Waals surface area contributed by atoms with Crippen molar-refractivity contribution in [2.45, 2.75) is 25.7 Å². The number of H-pyrrole nitrogens is 1. The van der Waals surface area contributed by atoms with Crippen molar-refractivity contribution in [1.82, 2.24) is 9.29 Å². The third-order valence-electron chi connectivity index (χ3n) is 5.43. The smallest absolute Gasteiger partial charge is 0.213 e. The molecule has 1 aliphatic heterocycles. The molecule has 3 heterocycles. The molecule has 142 valence electrons. The van der Waals surface area contributed by atoms with Gasteiger partial charge in [-0.2, -0.15) is 0 Å². The molecule has 0 unspecified atom stereocenters. The highest BCUT2D eigenvalue weighted by Gasteiger charge is 2.28. The molecular weight excluding hydrogens is 380 g/mol. The zero-order chi connectivity index (χ0) is 19.0. The van der Waals surface area contributed by atoms with E-state index in [0.717, 1.165) is 40.6 Å². The van der Waals surface area contributed by atoms with Crippen LogP contribution in [0.3, 0.4) is 0 Å². The summed E-state index contributed by atoms with van der Waals surface area (Å²) in [6.45, 7) is 2.87. The first-order valence-electron chi connectivity index (χ1n) is 9.14. The Bertz CT molecular complexity index is 1070. The summed E-state index contributed by atoms with van der Waals surface area (Å²) in [5, 5.41) is 3.19. The van der Waals surface area contributed by atoms with Gasteiger partial charge in [-0.1, -0.05) is 6.07 Å². The van der Waals surface area contributed by atoms with Gasteiger partial charge in [0.05, 0.1) is 10.6 Å². The van der Waals surface area contributed by atoms with Crippen molar-refractivity contribution in [2.75, 3.05) is 18.8 Å². The van der Waals surface area contributed by atoms with Crippen molar-refractivity contribution in [2.24, 2.45) is 0 Å². The van der Waals surface area contributed by atoms with Crippen LogP contribution in [0.5, 0.6) is 0 Å². The number of sulfonamides is 1. The fourth-order valence-corrected chi connectivity index (χ4v) is 5.70. The van der Waals surface area contributed by atoms with E-state index in [1.54, 1.807) is 11.2 Å². The van der Waals surface area contributed by atoms with Crippen LogP contribution in [0.4, 0.5) is 0 Å². The average Bonchev–Trinajstić information content (AvgIpc) is 3.34. The number of benzene rings is 1. The molecule has 7 heteroatoms. The van der Waals surface area contributed by atoms with Crippen molar-refractivity contribution in [3.8, 4) is 11.1 Å². The second-order valence-electron chi connectivity index (χ2n) is 6.93. The predicted molar refractivity (Wildman–Crippen MR) is 110 cm³/mol. The Kier molecular flexibility index (Phi) is 4.92. The number of nitrogens with one attached hydrogen (secondary N) is 1. The maximum absolute atomic E-state index is 12.1. The van der Waals surface area contributed by atoms with Crippen LogP contribution >= 0.6 is 11.3 Å². The van der Waals surface area contributed by atoms with Crippen LogP contribution in [-0.4, -0.2) is 42.8 Å². The molecule has 1 aliphatic rings. The van der Waals surface area contributed by atoms with Crippen molar-refractivity contribution in [3.63, 3.8) is 0 Å². The zero-order valence-corrected chi connectivity index (χ0v) is 16.8. The van der Waals surface area contributed by atoms with E-state index in [0.29, 0.717) is 19.0 Å². The summed E-state index contributed by atoms with van der Waals surface area (Å²) in [5.74, 6) is 0.516. The van der Waals surface area contributed by atoms with Gasteiger partial charge < -0.3 is 4.98 Å². The van der Waals surface area contributed by atoms with Crippen LogP contribution in [0.25, 0.3) is 22.0 Å². The summed E-state index contributed by atoms with van der Waals surface area (Å²) in [4.78, 5) is 15.0. The Hall–Kier alpha value is -1.96. The average molecular weight is 403 g/mol. The number of aromatic amines is 1. The standard InChI is InChI=1S/C20H22N2O3S2/c1-2-27(24,25)22-7-5-14(6-8-22)19-11-21-20-4-3-15(10-18(19)20)16-9-17(12-23)26-13-16/h3-4,9-14,21H,2,5-8H2,1H3. The number of hydrogen-bond acceptors (Lipinski definition) is 4. The number of hydrogen-bond donors (Lipinski definition) is 1. The SMILES string of the molecule is CCS(=O)(=O)N1CCC(c2c[nH]c3ccc(-c4csc(C=O)c4)cc23)CC1. The molecular formula is C20H22N2O3S2. The molecule has 2 aromatic heterocycles. The van der Waals surface area contributed by atoms with Crippen molar-refractivity contribution in [1.29, 1.82) is 0 Å². The highest BCUT2D eigenvalue weighted by molar-refractivity contribution is 7.89. The van der Waals surface area contributed by atoms with Gasteiger partial charge in [-0.15, -0.1) is 11.3 Å². The number of nitrogens with zero attached hydrogens (tertiary/aromatic N) is 1. The number of thiophene rings is 1. The van der Waals surface area contributed by atoms with Gasteiger partial charge in [0.1, 0.15) is 0 Å². The summed E-state index contributed by atoms with van der Waals surface area (Å²) in [6, 6.07) is 8.23. The largest absolute Gasteiger partial charge is 0.361 e. The van der Waals surface area contributed by atoms with Crippen LogP contribution in [0, 0.1) is 0 Å². The minimum Gasteiger partial charge on any atom is -0.361 e. The van der Waals surface area contributed by atoms with Crippen molar-refractivity contribution < 1.29 is 13.2 Å². The van der Waals surface area contributed by atoms with Crippen molar-refractivity contribution >= 4 is 38.5 Å². The van der Waals surface area contributed by atoms with Crippen LogP contribution in [-0.2, 0) is 10.0 Å². The second kappa shape index (κ2) is 7.22. The van der Waals surface area contributed by atoms with E-state index in [2.05, 4.69) is 29.4 Å². The lowest BCUT2D eigenvalue weighted by Gasteiger charge is -2.30. The van der Waals surface area contributed by atoms with Gasteiger partial charge in [0.15, 0.2) is 6.29 Å². The van der Waals surface area contributed by atoms with Crippen LogP contribution in [0.1, 0.15) is 40.9 Å². The topological polar surface area (TPSA) is 70.2 Å². The van der Waals surface area contributed by atoms with Gasteiger partial charge in [0, 0.05) is 30.2 Å². The van der Waals surface area contributed by atoms with Crippen LogP contribution in [0.2, 0.25) is 0 Å². The molecule has 0 saturated carbocycles. The molecule has 0 amide bonds. The first-order valence-corrected chi connectivity index (χ1v) is 11.6. The minimum atomic E-state index is -3.10. The highest BCUT2D eigenvalue weighted by Crippen LogP contribution is 2.36. The summed E-state index contributed by atoms with van der Waals surface area (Å²) < 4.78 is 25.8. The Balaban J connectivity index is 1.61. The molecule has 5 nitrogen and oxygen atoms in total. The lowest BCUT2D eigenvalue weighted by atomic mass is 9.89. The minimum absolute atomic E-state index is 0.164. The van der Waals surface area contributed by atoms with Crippen LogP contribution in [0.15, 0.2) is 35.8 Å². The number of rotatable bonds is 5. The van der Waals surface area contributed by atoms with Gasteiger partial charge in [-0.05, 0) is 66.0 Å². The van der Waals surface area contributed by atoms with E-state index in [9.17, 15) is 13.2 Å². The van der Waals surface area contributed by atoms with Gasteiger partial charge in [-0.3, -0.25) is 4.79 Å². The van der Waals surface area contributed by atoms with E-state index < -0.39 is 10.0 Å². The lowest BCUT2D eigenvalue weighted by Crippen LogP contribution is -2.38. The number of piperidine rings is 1. The van der Waals surface area contributed by atoms with E-state index in [1.807, 2.05) is 11.4 Å². The maximum atomic E-state index is 12.1. The molecule has 1 saturated heterocycles. The number of carbonyl (C=O) groups is 1. The molecule has 1 aromatic carbocycles. The van der Waals surface area contributed by atoms with Crippen molar-refractivity contribution in [3.05, 3.63) is 46.3 Å². The number of aromatic nitrogens is 1. The molecule has 4 rings (SSSR count). The van der Waals surface area contributed by atoms with Gasteiger partial charge in [0.2, 0.25) is 10.0 Å². The Labute approximate surface area is 163 Å². The zero-order valence-electron chi connectivity index (χ0n) is 15.1. The Morgan fingerprint density at radius 2 is 2.00 bits per heavy atom. The van der Waals surface area contributed by atoms with Gasteiger partial charge >= 0.3 is 0 Å². The molecule has 0 bridgehead atoms. The number of carbonyl (C=O) groups excluding carboxylic acids is 1. The van der Waals surface area contributed by atoms with E-state index in [4.69, 9.17) is 0 Å². The molecule has 0 radical (unpaired) electrons. The molecule has 3 aromatic rings. The Morgan fingerprint density at radius 1 is 1.22 bits per heavy atom. The number of aldehydes is 1. The maximum Gasteiger partial charge on any atom is 0.213 e. The quantitative estimate of drug-likeness (QED) is 0.649. The summed E-state index contributed by atoms with van der Waals surface area (Å²) in [5.41, 5.74) is 4.49. The predicted octanol–water partition coefficient (Wildman–Crippen LogP) is 4.24. The highest BCUT2D eigenvalue weighted by atomic mass is 32.2. The molecule has 0 atom stereocenters. The number of fused-ring (bicyclic) bond motifs is 1. The lowest BCUT2D eigenvalue weighted by molar-refractivity contribution is 0.112. The molecule has 1 N–H and O–H groups in total. The third kappa shape index (κ3) is 3.47. The molecule has 1 fully saturated rings. The van der Waals surface area contributed by atoms with Gasteiger partial charge in [-0.25, -0.2) is 12.7 Å². The normalized spacial score (nSPS) is 16.8.